The monoisotopic (exact) mass is 356 g/mol. The molecule has 0 atom stereocenters. The summed E-state index contributed by atoms with van der Waals surface area (Å²) in [5.74, 6) is 0. The van der Waals surface area contributed by atoms with Crippen LogP contribution in [0.15, 0.2) is 29.1 Å². The first-order valence-corrected chi connectivity index (χ1v) is 9.31. The summed E-state index contributed by atoms with van der Waals surface area (Å²) < 4.78 is 1.41. The summed E-state index contributed by atoms with van der Waals surface area (Å²) in [6.45, 7) is 5.00. The predicted octanol–water partition coefficient (Wildman–Crippen LogP) is 0.972. The van der Waals surface area contributed by atoms with Crippen molar-refractivity contribution in [1.29, 1.82) is 0 Å². The second kappa shape index (κ2) is 7.41. The number of piperazine rings is 1. The lowest BCUT2D eigenvalue weighted by molar-refractivity contribution is 0.0901. The van der Waals surface area contributed by atoms with Gasteiger partial charge in [-0.3, -0.25) is 9.69 Å². The number of hydrogen-bond donors (Lipinski definition) is 0. The standard InChI is InChI=1S/C18H24N6O2/c25-17-15-6-2-3-7-16(15)19-20-24(17)14-21-10-12-23(13-11-21)18(26)22-8-4-1-5-9-22/h2-3,6-7H,1,4-5,8-14H2. The van der Waals surface area contributed by atoms with Crippen LogP contribution in [0, 0.1) is 0 Å². The third kappa shape index (κ3) is 3.41. The summed E-state index contributed by atoms with van der Waals surface area (Å²) in [4.78, 5) is 31.2. The number of amides is 2. The number of urea groups is 1. The van der Waals surface area contributed by atoms with Crippen molar-refractivity contribution < 1.29 is 4.79 Å². The Labute approximate surface area is 152 Å². The van der Waals surface area contributed by atoms with Crippen molar-refractivity contribution >= 4 is 16.9 Å². The normalized spacial score (nSPS) is 19.1. The Hall–Kier alpha value is -2.48. The van der Waals surface area contributed by atoms with Gasteiger partial charge in [0.15, 0.2) is 0 Å². The van der Waals surface area contributed by atoms with E-state index in [0.717, 1.165) is 39.0 Å². The van der Waals surface area contributed by atoms with E-state index in [4.69, 9.17) is 0 Å². The zero-order valence-electron chi connectivity index (χ0n) is 14.9. The van der Waals surface area contributed by atoms with Crippen molar-refractivity contribution in [3.8, 4) is 0 Å². The maximum absolute atomic E-state index is 12.6. The van der Waals surface area contributed by atoms with E-state index >= 15 is 0 Å². The van der Waals surface area contributed by atoms with Gasteiger partial charge in [-0.05, 0) is 31.4 Å². The lowest BCUT2D eigenvalue weighted by Gasteiger charge is -2.38. The molecule has 3 heterocycles. The average Bonchev–Trinajstić information content (AvgIpc) is 2.71. The van der Waals surface area contributed by atoms with E-state index in [1.165, 1.54) is 11.1 Å². The second-order valence-electron chi connectivity index (χ2n) is 6.99. The van der Waals surface area contributed by atoms with Gasteiger partial charge in [-0.25, -0.2) is 4.79 Å². The number of nitrogens with zero attached hydrogens (tertiary/aromatic N) is 6. The third-order valence-corrected chi connectivity index (χ3v) is 5.23. The fraction of sp³-hybridized carbons (Fsp3) is 0.556. The lowest BCUT2D eigenvalue weighted by atomic mass is 10.1. The molecule has 2 aliphatic rings. The molecular formula is C18H24N6O2. The second-order valence-corrected chi connectivity index (χ2v) is 6.99. The van der Waals surface area contributed by atoms with Gasteiger partial charge in [-0.2, -0.15) is 4.68 Å². The molecule has 2 amide bonds. The van der Waals surface area contributed by atoms with E-state index in [1.807, 2.05) is 21.9 Å². The maximum Gasteiger partial charge on any atom is 0.320 e. The van der Waals surface area contributed by atoms with E-state index in [9.17, 15) is 9.59 Å². The summed E-state index contributed by atoms with van der Waals surface area (Å²) in [7, 11) is 0. The molecule has 0 spiro atoms. The van der Waals surface area contributed by atoms with Crippen LogP contribution >= 0.6 is 0 Å². The third-order valence-electron chi connectivity index (χ3n) is 5.23. The number of benzene rings is 1. The zero-order valence-corrected chi connectivity index (χ0v) is 14.9. The fourth-order valence-corrected chi connectivity index (χ4v) is 3.67. The molecule has 0 bridgehead atoms. The molecule has 0 radical (unpaired) electrons. The van der Waals surface area contributed by atoms with Crippen molar-refractivity contribution in [3.63, 3.8) is 0 Å². The van der Waals surface area contributed by atoms with Crippen LogP contribution in [-0.2, 0) is 6.67 Å². The summed E-state index contributed by atoms with van der Waals surface area (Å²) >= 11 is 0. The Morgan fingerprint density at radius 1 is 0.923 bits per heavy atom. The van der Waals surface area contributed by atoms with Crippen LogP contribution in [0.2, 0.25) is 0 Å². The molecule has 2 aliphatic heterocycles. The number of rotatable bonds is 2. The van der Waals surface area contributed by atoms with Crippen LogP contribution in [-0.4, -0.2) is 75.0 Å². The Morgan fingerprint density at radius 2 is 1.62 bits per heavy atom. The Bertz CT molecular complexity index is 837. The quantitative estimate of drug-likeness (QED) is 0.802. The smallest absolute Gasteiger partial charge is 0.320 e. The average molecular weight is 356 g/mol. The maximum atomic E-state index is 12.6. The van der Waals surface area contributed by atoms with Crippen LogP contribution in [0.1, 0.15) is 19.3 Å². The Morgan fingerprint density at radius 3 is 2.38 bits per heavy atom. The van der Waals surface area contributed by atoms with Gasteiger partial charge in [0.05, 0.1) is 12.1 Å². The highest BCUT2D eigenvalue weighted by molar-refractivity contribution is 5.76. The number of hydrogen-bond acceptors (Lipinski definition) is 5. The van der Waals surface area contributed by atoms with Crippen molar-refractivity contribution in [2.24, 2.45) is 0 Å². The summed E-state index contributed by atoms with van der Waals surface area (Å²) in [6, 6.07) is 7.41. The molecule has 26 heavy (non-hydrogen) atoms. The molecule has 1 aromatic carbocycles. The van der Waals surface area contributed by atoms with Crippen LogP contribution < -0.4 is 5.56 Å². The van der Waals surface area contributed by atoms with Crippen molar-refractivity contribution in [3.05, 3.63) is 34.6 Å². The van der Waals surface area contributed by atoms with Crippen molar-refractivity contribution in [2.45, 2.75) is 25.9 Å². The van der Waals surface area contributed by atoms with E-state index < -0.39 is 0 Å². The molecule has 138 valence electrons. The molecule has 0 unspecified atom stereocenters. The van der Waals surface area contributed by atoms with Crippen molar-refractivity contribution in [2.75, 3.05) is 39.3 Å². The molecule has 4 rings (SSSR count). The number of likely N-dealkylation sites (tertiary alicyclic amines) is 1. The van der Waals surface area contributed by atoms with Crippen LogP contribution in [0.5, 0.6) is 0 Å². The van der Waals surface area contributed by atoms with Crippen molar-refractivity contribution in [1.82, 2.24) is 29.7 Å². The Balaban J connectivity index is 1.37. The van der Waals surface area contributed by atoms with Gasteiger partial charge in [-0.1, -0.05) is 17.3 Å². The number of fused-ring (bicyclic) bond motifs is 1. The van der Waals surface area contributed by atoms with Gasteiger partial charge in [-0.15, -0.1) is 5.10 Å². The highest BCUT2D eigenvalue weighted by Crippen LogP contribution is 2.13. The molecule has 1 aromatic heterocycles. The lowest BCUT2D eigenvalue weighted by Crippen LogP contribution is -2.54. The molecule has 8 nitrogen and oxygen atoms in total. The first kappa shape index (κ1) is 17.0. The molecule has 0 N–H and O–H groups in total. The van der Waals surface area contributed by atoms with E-state index in [-0.39, 0.29) is 11.6 Å². The van der Waals surface area contributed by atoms with Crippen LogP contribution in [0.4, 0.5) is 4.79 Å². The first-order valence-electron chi connectivity index (χ1n) is 9.31. The predicted molar refractivity (Wildman–Crippen MR) is 97.8 cm³/mol. The summed E-state index contributed by atoms with van der Waals surface area (Å²) in [5, 5.41) is 8.76. The molecule has 0 aliphatic carbocycles. The van der Waals surface area contributed by atoms with E-state index in [0.29, 0.717) is 30.7 Å². The summed E-state index contributed by atoms with van der Waals surface area (Å²) in [5.41, 5.74) is 0.494. The molecule has 2 saturated heterocycles. The molecule has 8 heteroatoms. The van der Waals surface area contributed by atoms with Crippen LogP contribution in [0.3, 0.4) is 0 Å². The zero-order chi connectivity index (χ0) is 17.9. The number of carbonyl (C=O) groups is 1. The van der Waals surface area contributed by atoms with Gasteiger partial charge in [0.1, 0.15) is 5.52 Å². The Kier molecular flexibility index (Phi) is 4.83. The van der Waals surface area contributed by atoms with Gasteiger partial charge < -0.3 is 9.80 Å². The molecule has 0 saturated carbocycles. The number of aromatic nitrogens is 3. The minimum absolute atomic E-state index is 0.123. The van der Waals surface area contributed by atoms with Gasteiger partial charge in [0.2, 0.25) is 0 Å². The van der Waals surface area contributed by atoms with Gasteiger partial charge in [0, 0.05) is 39.3 Å². The highest BCUT2D eigenvalue weighted by atomic mass is 16.2. The largest absolute Gasteiger partial charge is 0.325 e. The topological polar surface area (TPSA) is 74.6 Å². The first-order chi connectivity index (χ1) is 12.7. The molecule has 2 fully saturated rings. The van der Waals surface area contributed by atoms with Gasteiger partial charge in [0.25, 0.3) is 5.56 Å². The number of carbonyl (C=O) groups excluding carboxylic acids is 1. The number of piperidine rings is 1. The van der Waals surface area contributed by atoms with E-state index in [2.05, 4.69) is 15.2 Å². The minimum atomic E-state index is -0.123. The molecule has 2 aromatic rings. The SMILES string of the molecule is O=C(N1CCCCC1)N1CCN(Cn2nnc3ccccc3c2=O)CC1. The fourth-order valence-electron chi connectivity index (χ4n) is 3.67. The highest BCUT2D eigenvalue weighted by Gasteiger charge is 2.26. The van der Waals surface area contributed by atoms with Gasteiger partial charge >= 0.3 is 6.03 Å². The minimum Gasteiger partial charge on any atom is -0.325 e. The van der Waals surface area contributed by atoms with Crippen LogP contribution in [0.25, 0.3) is 10.9 Å². The summed E-state index contributed by atoms with van der Waals surface area (Å²) in [6.07, 6.45) is 3.43. The molecular weight excluding hydrogens is 332 g/mol. The van der Waals surface area contributed by atoms with E-state index in [1.54, 1.807) is 12.1 Å².